The number of hydrogen-bond acceptors (Lipinski definition) is 4. The van der Waals surface area contributed by atoms with E-state index in [0.29, 0.717) is 13.0 Å². The molecule has 6 heteroatoms. The van der Waals surface area contributed by atoms with Gasteiger partial charge in [-0.3, -0.25) is 9.59 Å². The molecular weight excluding hydrogens is 404 g/mol. The van der Waals surface area contributed by atoms with Crippen LogP contribution in [0.25, 0.3) is 11.0 Å². The Morgan fingerprint density at radius 2 is 2.03 bits per heavy atom. The van der Waals surface area contributed by atoms with Gasteiger partial charge in [-0.05, 0) is 55.5 Å². The van der Waals surface area contributed by atoms with Crippen LogP contribution in [0.2, 0.25) is 0 Å². The SMILES string of the molecule is COc1ccc([C@H]2N(C(=O)Cc3coc4cc(C)ccc34)CCC[C@]23CCC(=O)N3)cc1. The first-order valence-corrected chi connectivity index (χ1v) is 11.2. The van der Waals surface area contributed by atoms with Crippen molar-refractivity contribution < 1.29 is 18.7 Å². The molecule has 1 N–H and O–H groups in total. The van der Waals surface area contributed by atoms with Gasteiger partial charge >= 0.3 is 0 Å². The van der Waals surface area contributed by atoms with Crippen LogP contribution in [0.5, 0.6) is 5.75 Å². The van der Waals surface area contributed by atoms with E-state index < -0.39 is 5.54 Å². The molecule has 0 bridgehead atoms. The minimum atomic E-state index is -0.421. The number of furan rings is 1. The van der Waals surface area contributed by atoms with Gasteiger partial charge in [-0.2, -0.15) is 0 Å². The molecule has 166 valence electrons. The molecule has 1 spiro atoms. The Bertz CT molecular complexity index is 1170. The highest BCUT2D eigenvalue weighted by Gasteiger charge is 2.50. The van der Waals surface area contributed by atoms with E-state index in [-0.39, 0.29) is 24.3 Å². The molecule has 2 aliphatic rings. The summed E-state index contributed by atoms with van der Waals surface area (Å²) in [7, 11) is 1.64. The lowest BCUT2D eigenvalue weighted by atomic mass is 9.76. The Kier molecular flexibility index (Phi) is 5.16. The van der Waals surface area contributed by atoms with Gasteiger partial charge in [0.2, 0.25) is 11.8 Å². The number of amides is 2. The summed E-state index contributed by atoms with van der Waals surface area (Å²) in [5.74, 6) is 0.885. The lowest BCUT2D eigenvalue weighted by Crippen LogP contribution is -2.58. The highest BCUT2D eigenvalue weighted by atomic mass is 16.5. The molecule has 0 aliphatic carbocycles. The van der Waals surface area contributed by atoms with Gasteiger partial charge in [-0.1, -0.05) is 24.3 Å². The lowest BCUT2D eigenvalue weighted by Gasteiger charge is -2.48. The average molecular weight is 433 g/mol. The zero-order chi connectivity index (χ0) is 22.3. The molecular formula is C26H28N2O4. The maximum Gasteiger partial charge on any atom is 0.227 e. The van der Waals surface area contributed by atoms with E-state index in [4.69, 9.17) is 9.15 Å². The molecule has 6 nitrogen and oxygen atoms in total. The van der Waals surface area contributed by atoms with E-state index in [9.17, 15) is 9.59 Å². The van der Waals surface area contributed by atoms with Gasteiger partial charge in [0.25, 0.3) is 0 Å². The number of hydrogen-bond donors (Lipinski definition) is 1. The Morgan fingerprint density at radius 1 is 1.22 bits per heavy atom. The summed E-state index contributed by atoms with van der Waals surface area (Å²) in [6.45, 7) is 2.69. The molecule has 3 aromatic rings. The highest BCUT2D eigenvalue weighted by molar-refractivity contribution is 5.88. The molecule has 2 aromatic carbocycles. The van der Waals surface area contributed by atoms with Crippen molar-refractivity contribution in [1.82, 2.24) is 10.2 Å². The predicted octanol–water partition coefficient (Wildman–Crippen LogP) is 4.30. The van der Waals surface area contributed by atoms with Crippen LogP contribution in [0.3, 0.4) is 0 Å². The number of ether oxygens (including phenoxy) is 1. The fourth-order valence-electron chi connectivity index (χ4n) is 5.41. The van der Waals surface area contributed by atoms with Crippen LogP contribution >= 0.6 is 0 Å². The zero-order valence-electron chi connectivity index (χ0n) is 18.5. The predicted molar refractivity (Wildman–Crippen MR) is 121 cm³/mol. The number of rotatable bonds is 4. The number of carbonyl (C=O) groups is 2. The summed E-state index contributed by atoms with van der Waals surface area (Å²) in [4.78, 5) is 27.9. The first-order chi connectivity index (χ1) is 15.5. The van der Waals surface area contributed by atoms with E-state index in [2.05, 4.69) is 5.32 Å². The third-order valence-electron chi connectivity index (χ3n) is 6.95. The number of methoxy groups -OCH3 is 1. The number of nitrogens with one attached hydrogen (secondary N) is 1. The van der Waals surface area contributed by atoms with E-state index in [1.807, 2.05) is 54.3 Å². The quantitative estimate of drug-likeness (QED) is 0.667. The number of likely N-dealkylation sites (tertiary alicyclic amines) is 1. The van der Waals surface area contributed by atoms with E-state index in [0.717, 1.165) is 52.7 Å². The number of carbonyl (C=O) groups excluding carboxylic acids is 2. The van der Waals surface area contributed by atoms with Crippen molar-refractivity contribution in [3.8, 4) is 5.75 Å². The second-order valence-electron chi connectivity index (χ2n) is 9.01. The summed E-state index contributed by atoms with van der Waals surface area (Å²) in [6.07, 6.45) is 4.94. The van der Waals surface area contributed by atoms with Crippen LogP contribution in [0.1, 0.15) is 48.4 Å². The van der Waals surface area contributed by atoms with E-state index in [1.54, 1.807) is 13.4 Å². The first-order valence-electron chi connectivity index (χ1n) is 11.2. The normalized spacial score (nSPS) is 23.0. The average Bonchev–Trinajstić information content (AvgIpc) is 3.36. The molecule has 5 rings (SSSR count). The van der Waals surface area contributed by atoms with Crippen LogP contribution in [0.4, 0.5) is 0 Å². The van der Waals surface area contributed by atoms with Crippen molar-refractivity contribution in [2.75, 3.05) is 13.7 Å². The number of fused-ring (bicyclic) bond motifs is 1. The largest absolute Gasteiger partial charge is 0.497 e. The van der Waals surface area contributed by atoms with E-state index in [1.165, 1.54) is 0 Å². The molecule has 2 fully saturated rings. The Hall–Kier alpha value is -3.28. The summed E-state index contributed by atoms with van der Waals surface area (Å²) < 4.78 is 11.0. The van der Waals surface area contributed by atoms with Gasteiger partial charge < -0.3 is 19.4 Å². The second-order valence-corrected chi connectivity index (χ2v) is 9.01. The van der Waals surface area contributed by atoms with E-state index >= 15 is 0 Å². The van der Waals surface area contributed by atoms with Crippen molar-refractivity contribution >= 4 is 22.8 Å². The fourth-order valence-corrected chi connectivity index (χ4v) is 5.41. The Balaban J connectivity index is 1.49. The van der Waals surface area contributed by atoms with Crippen molar-refractivity contribution in [1.29, 1.82) is 0 Å². The third kappa shape index (κ3) is 3.53. The fraction of sp³-hybridized carbons (Fsp3) is 0.385. The zero-order valence-corrected chi connectivity index (χ0v) is 18.5. The highest BCUT2D eigenvalue weighted by Crippen LogP contribution is 2.45. The molecule has 3 heterocycles. The Morgan fingerprint density at radius 3 is 2.75 bits per heavy atom. The molecule has 0 unspecified atom stereocenters. The third-order valence-corrected chi connectivity index (χ3v) is 6.95. The van der Waals surface area contributed by atoms with Crippen LogP contribution in [0, 0.1) is 6.92 Å². The van der Waals surface area contributed by atoms with Crippen molar-refractivity contribution in [3.05, 3.63) is 65.4 Å². The maximum atomic E-state index is 13.7. The van der Waals surface area contributed by atoms with Crippen molar-refractivity contribution in [2.24, 2.45) is 0 Å². The second kappa shape index (κ2) is 8.01. The van der Waals surface area contributed by atoms with Gasteiger partial charge in [-0.25, -0.2) is 0 Å². The number of benzene rings is 2. The summed E-state index contributed by atoms with van der Waals surface area (Å²) in [5.41, 5.74) is 3.43. The summed E-state index contributed by atoms with van der Waals surface area (Å²) in [5, 5.41) is 4.22. The molecule has 32 heavy (non-hydrogen) atoms. The van der Waals surface area contributed by atoms with Gasteiger partial charge in [0.05, 0.1) is 31.4 Å². The molecule has 2 aliphatic heterocycles. The topological polar surface area (TPSA) is 71.8 Å². The van der Waals surface area contributed by atoms with Gasteiger partial charge in [0, 0.05) is 23.9 Å². The molecule has 2 saturated heterocycles. The molecule has 1 aromatic heterocycles. The number of piperidine rings is 1. The molecule has 0 radical (unpaired) electrons. The standard InChI is InChI=1S/C26H28N2O4/c1-17-4-9-21-19(16-32-22(21)14-17)15-24(30)28-13-3-11-26(12-10-23(29)27-26)25(28)18-5-7-20(31-2)8-6-18/h4-9,14,16,25H,3,10-13,15H2,1-2H3,(H,27,29)/t25-,26+/m1/s1. The monoisotopic (exact) mass is 432 g/mol. The number of nitrogens with zero attached hydrogens (tertiary/aromatic N) is 1. The van der Waals surface area contributed by atoms with Gasteiger partial charge in [-0.15, -0.1) is 0 Å². The number of aryl methyl sites for hydroxylation is 1. The first kappa shape index (κ1) is 20.6. The summed E-state index contributed by atoms with van der Waals surface area (Å²) >= 11 is 0. The van der Waals surface area contributed by atoms with Crippen LogP contribution in [-0.4, -0.2) is 35.9 Å². The lowest BCUT2D eigenvalue weighted by molar-refractivity contribution is -0.138. The molecule has 2 atom stereocenters. The van der Waals surface area contributed by atoms with Gasteiger partial charge in [0.1, 0.15) is 11.3 Å². The van der Waals surface area contributed by atoms with Crippen LogP contribution < -0.4 is 10.1 Å². The molecule has 0 saturated carbocycles. The Labute approximate surface area is 187 Å². The molecule has 2 amide bonds. The minimum absolute atomic E-state index is 0.0503. The van der Waals surface area contributed by atoms with Crippen LogP contribution in [-0.2, 0) is 16.0 Å². The minimum Gasteiger partial charge on any atom is -0.497 e. The van der Waals surface area contributed by atoms with Gasteiger partial charge in [0.15, 0.2) is 0 Å². The summed E-state index contributed by atoms with van der Waals surface area (Å²) in [6, 6.07) is 13.7. The smallest absolute Gasteiger partial charge is 0.227 e. The van der Waals surface area contributed by atoms with Crippen LogP contribution in [0.15, 0.2) is 53.1 Å². The van der Waals surface area contributed by atoms with Crippen molar-refractivity contribution in [3.63, 3.8) is 0 Å². The maximum absolute atomic E-state index is 13.7. The van der Waals surface area contributed by atoms with Crippen molar-refractivity contribution in [2.45, 2.75) is 50.6 Å².